The summed E-state index contributed by atoms with van der Waals surface area (Å²) in [7, 11) is 1.29. The van der Waals surface area contributed by atoms with Crippen LogP contribution >= 0.6 is 23.2 Å². The van der Waals surface area contributed by atoms with E-state index in [2.05, 4.69) is 35.4 Å². The summed E-state index contributed by atoms with van der Waals surface area (Å²) >= 11 is 12.3. The van der Waals surface area contributed by atoms with Gasteiger partial charge in [-0.05, 0) is 30.3 Å². The molecule has 0 radical (unpaired) electrons. The van der Waals surface area contributed by atoms with E-state index in [1.807, 2.05) is 0 Å². The normalized spacial score (nSPS) is 10.8. The number of nitrogen functional groups attached to an aromatic ring is 1. The van der Waals surface area contributed by atoms with Gasteiger partial charge in [0.15, 0.2) is 5.65 Å². The molecule has 4 aromatic rings. The van der Waals surface area contributed by atoms with Gasteiger partial charge in [-0.15, -0.1) is 0 Å². The Balaban J connectivity index is 1.47. The van der Waals surface area contributed by atoms with Gasteiger partial charge < -0.3 is 21.1 Å². The summed E-state index contributed by atoms with van der Waals surface area (Å²) in [5.41, 5.74) is 8.02. The van der Waals surface area contributed by atoms with Crippen LogP contribution in [0.4, 0.5) is 17.6 Å². The topological polar surface area (TPSA) is 132 Å². The number of methoxy groups -OCH3 is 1. The lowest BCUT2D eigenvalue weighted by Gasteiger charge is -2.12. The average Bonchev–Trinajstić information content (AvgIpc) is 3.25. The van der Waals surface area contributed by atoms with Gasteiger partial charge in [-0.25, -0.2) is 19.7 Å². The molecule has 164 valence electrons. The Morgan fingerprint density at radius 3 is 2.69 bits per heavy atom. The van der Waals surface area contributed by atoms with Gasteiger partial charge in [0.25, 0.3) is 0 Å². The van der Waals surface area contributed by atoms with E-state index in [1.54, 1.807) is 40.9 Å². The highest BCUT2D eigenvalue weighted by molar-refractivity contribution is 6.36. The fourth-order valence-corrected chi connectivity index (χ4v) is 3.50. The van der Waals surface area contributed by atoms with Crippen LogP contribution in [0.5, 0.6) is 0 Å². The van der Waals surface area contributed by atoms with E-state index in [-0.39, 0.29) is 11.4 Å². The molecule has 0 aliphatic carbocycles. The SMILES string of the molecule is COC(=O)c1ccc(NCCNc2nc(-c3ccc(Cl)cc3Cl)cc3ncnn23)nc1N. The number of aromatic nitrogens is 5. The Hall–Kier alpha value is -3.63. The van der Waals surface area contributed by atoms with Gasteiger partial charge in [0, 0.05) is 29.7 Å². The maximum atomic E-state index is 11.6. The lowest BCUT2D eigenvalue weighted by molar-refractivity contribution is 0.0601. The summed E-state index contributed by atoms with van der Waals surface area (Å²) in [5.74, 6) is 0.578. The van der Waals surface area contributed by atoms with Gasteiger partial charge in [-0.3, -0.25) is 0 Å². The first-order valence-corrected chi connectivity index (χ1v) is 10.2. The van der Waals surface area contributed by atoms with Crippen LogP contribution in [0.25, 0.3) is 16.9 Å². The summed E-state index contributed by atoms with van der Waals surface area (Å²) in [6.45, 7) is 0.980. The maximum Gasteiger partial charge on any atom is 0.341 e. The maximum absolute atomic E-state index is 11.6. The van der Waals surface area contributed by atoms with Crippen LogP contribution in [-0.2, 0) is 4.74 Å². The van der Waals surface area contributed by atoms with Crippen molar-refractivity contribution in [3.05, 3.63) is 58.3 Å². The number of halogens is 2. The molecule has 0 fully saturated rings. The van der Waals surface area contributed by atoms with E-state index in [4.69, 9.17) is 28.9 Å². The number of ether oxygens (including phenoxy) is 1. The van der Waals surface area contributed by atoms with Crippen LogP contribution in [0.3, 0.4) is 0 Å². The van der Waals surface area contributed by atoms with Crippen molar-refractivity contribution in [2.75, 3.05) is 36.6 Å². The zero-order chi connectivity index (χ0) is 22.7. The van der Waals surface area contributed by atoms with Gasteiger partial charge in [-0.1, -0.05) is 23.2 Å². The molecular weight excluding hydrogens is 455 g/mol. The smallest absolute Gasteiger partial charge is 0.341 e. The van der Waals surface area contributed by atoms with E-state index < -0.39 is 5.97 Å². The molecule has 0 atom stereocenters. The number of pyridine rings is 1. The van der Waals surface area contributed by atoms with Crippen molar-refractivity contribution in [3.8, 4) is 11.3 Å². The highest BCUT2D eigenvalue weighted by atomic mass is 35.5. The molecule has 32 heavy (non-hydrogen) atoms. The molecule has 12 heteroatoms. The van der Waals surface area contributed by atoms with Crippen molar-refractivity contribution in [1.29, 1.82) is 0 Å². The van der Waals surface area contributed by atoms with Gasteiger partial charge in [0.2, 0.25) is 5.95 Å². The predicted molar refractivity (Wildman–Crippen MR) is 123 cm³/mol. The van der Waals surface area contributed by atoms with Gasteiger partial charge in [0.05, 0.1) is 17.8 Å². The van der Waals surface area contributed by atoms with Crippen LogP contribution in [0, 0.1) is 0 Å². The van der Waals surface area contributed by atoms with E-state index in [0.717, 1.165) is 5.56 Å². The Labute approximate surface area is 192 Å². The van der Waals surface area contributed by atoms with Gasteiger partial charge in [0.1, 0.15) is 23.5 Å². The second-order valence-electron chi connectivity index (χ2n) is 6.59. The minimum atomic E-state index is -0.535. The van der Waals surface area contributed by atoms with E-state index in [9.17, 15) is 4.79 Å². The van der Waals surface area contributed by atoms with Crippen molar-refractivity contribution in [3.63, 3.8) is 0 Å². The number of nitrogens with one attached hydrogen (secondary N) is 2. The molecule has 0 bridgehead atoms. The first-order valence-electron chi connectivity index (χ1n) is 9.45. The molecule has 0 saturated carbocycles. The zero-order valence-corrected chi connectivity index (χ0v) is 18.4. The molecule has 0 aliphatic heterocycles. The molecular formula is C20H18Cl2N8O2. The summed E-state index contributed by atoms with van der Waals surface area (Å²) < 4.78 is 6.26. The fourth-order valence-electron chi connectivity index (χ4n) is 3.00. The minimum absolute atomic E-state index is 0.0911. The number of hydrogen-bond donors (Lipinski definition) is 3. The number of carbonyl (C=O) groups is 1. The number of fused-ring (bicyclic) bond motifs is 1. The molecule has 3 heterocycles. The first-order chi connectivity index (χ1) is 15.5. The molecule has 1 aromatic carbocycles. The number of carbonyl (C=O) groups excluding carboxylic acids is 1. The average molecular weight is 473 g/mol. The highest BCUT2D eigenvalue weighted by Gasteiger charge is 2.13. The van der Waals surface area contributed by atoms with Crippen molar-refractivity contribution < 1.29 is 9.53 Å². The zero-order valence-electron chi connectivity index (χ0n) is 16.8. The number of nitrogens with two attached hydrogens (primary N) is 1. The summed E-state index contributed by atoms with van der Waals surface area (Å²) in [6.07, 6.45) is 1.45. The van der Waals surface area contributed by atoms with Crippen molar-refractivity contribution in [1.82, 2.24) is 24.6 Å². The Morgan fingerprint density at radius 2 is 1.94 bits per heavy atom. The highest BCUT2D eigenvalue weighted by Crippen LogP contribution is 2.30. The molecule has 10 nitrogen and oxygen atoms in total. The number of anilines is 3. The predicted octanol–water partition coefficient (Wildman–Crippen LogP) is 3.39. The first kappa shape index (κ1) is 21.6. The summed E-state index contributed by atoms with van der Waals surface area (Å²) in [5, 5.41) is 11.6. The van der Waals surface area contributed by atoms with Crippen molar-refractivity contribution >= 4 is 52.4 Å². The van der Waals surface area contributed by atoms with Crippen LogP contribution in [0.15, 0.2) is 42.7 Å². The second-order valence-corrected chi connectivity index (χ2v) is 7.44. The van der Waals surface area contributed by atoms with E-state index in [0.29, 0.717) is 46.2 Å². The Morgan fingerprint density at radius 1 is 1.12 bits per heavy atom. The van der Waals surface area contributed by atoms with Crippen LogP contribution in [0.2, 0.25) is 10.0 Å². The number of benzene rings is 1. The second kappa shape index (κ2) is 9.25. The minimum Gasteiger partial charge on any atom is -0.465 e. The molecule has 0 unspecified atom stereocenters. The fraction of sp³-hybridized carbons (Fsp3) is 0.150. The number of hydrogen-bond acceptors (Lipinski definition) is 9. The summed E-state index contributed by atoms with van der Waals surface area (Å²) in [4.78, 5) is 24.7. The van der Waals surface area contributed by atoms with Crippen LogP contribution in [0.1, 0.15) is 10.4 Å². The molecule has 4 N–H and O–H groups in total. The Bertz CT molecular complexity index is 1290. The third-order valence-corrected chi connectivity index (χ3v) is 5.07. The van der Waals surface area contributed by atoms with Crippen molar-refractivity contribution in [2.24, 2.45) is 0 Å². The van der Waals surface area contributed by atoms with Gasteiger partial charge >= 0.3 is 5.97 Å². The standard InChI is InChI=1S/C20H18Cl2N8O2/c1-32-19(31)13-4-5-16(29-18(13)23)24-6-7-25-20-28-15(9-17-26-10-27-30(17)20)12-3-2-11(21)8-14(12)22/h2-5,8-10H,6-7H2,1H3,(H,25,28)(H3,23,24,29). The van der Waals surface area contributed by atoms with Crippen LogP contribution < -0.4 is 16.4 Å². The third kappa shape index (κ3) is 4.51. The third-order valence-electron chi connectivity index (χ3n) is 4.52. The number of nitrogens with zero attached hydrogens (tertiary/aromatic N) is 5. The quantitative estimate of drug-likeness (QED) is 0.273. The largest absolute Gasteiger partial charge is 0.465 e. The van der Waals surface area contributed by atoms with Crippen LogP contribution in [-0.4, -0.2) is 50.7 Å². The van der Waals surface area contributed by atoms with Crippen molar-refractivity contribution in [2.45, 2.75) is 0 Å². The Kier molecular flexibility index (Phi) is 6.24. The molecule has 0 spiro atoms. The summed E-state index contributed by atoms with van der Waals surface area (Å²) in [6, 6.07) is 10.2. The number of rotatable bonds is 7. The molecule has 4 rings (SSSR count). The molecule has 3 aromatic heterocycles. The lowest BCUT2D eigenvalue weighted by Crippen LogP contribution is -2.18. The van der Waals surface area contributed by atoms with E-state index in [1.165, 1.54) is 13.4 Å². The molecule has 0 saturated heterocycles. The lowest BCUT2D eigenvalue weighted by atomic mass is 10.1. The molecule has 0 amide bonds. The van der Waals surface area contributed by atoms with Gasteiger partial charge in [-0.2, -0.15) is 9.61 Å². The molecule has 0 aliphatic rings. The number of esters is 1. The monoisotopic (exact) mass is 472 g/mol. The van der Waals surface area contributed by atoms with E-state index >= 15 is 0 Å².